The first kappa shape index (κ1) is 20.2. The maximum atomic E-state index is 13.2. The van der Waals surface area contributed by atoms with E-state index in [0.29, 0.717) is 33.8 Å². The number of rotatable bonds is 5. The molecule has 3 aromatic rings. The minimum Gasteiger partial charge on any atom is -0.497 e. The summed E-state index contributed by atoms with van der Waals surface area (Å²) >= 11 is 5.95. The summed E-state index contributed by atoms with van der Waals surface area (Å²) in [5.74, 6) is 0.769. The predicted molar refractivity (Wildman–Crippen MR) is 115 cm³/mol. The van der Waals surface area contributed by atoms with E-state index in [1.165, 1.54) is 12.1 Å². The number of carbonyl (C=O) groups is 2. The monoisotopic (exact) mass is 451 g/mol. The molecular formula is C22H18ClN5O4. The van der Waals surface area contributed by atoms with Gasteiger partial charge in [-0.2, -0.15) is 5.11 Å². The summed E-state index contributed by atoms with van der Waals surface area (Å²) in [6.45, 7) is 1.97. The van der Waals surface area contributed by atoms with Crippen LogP contribution in [-0.4, -0.2) is 41.0 Å². The second-order valence-corrected chi connectivity index (χ2v) is 7.87. The van der Waals surface area contributed by atoms with E-state index in [1.807, 2.05) is 12.1 Å². The molecule has 1 fully saturated rings. The molecule has 2 aliphatic rings. The molecule has 0 aliphatic carbocycles. The molecule has 1 saturated heterocycles. The Morgan fingerprint density at radius 2 is 1.91 bits per heavy atom. The number of ether oxygens (including phenoxy) is 1. The number of carbonyl (C=O) groups excluding carboxylic acids is 2. The number of halogens is 1. The number of methoxy groups -OCH3 is 1. The molecule has 0 spiro atoms. The number of aromatic nitrogens is 1. The van der Waals surface area contributed by atoms with Crippen molar-refractivity contribution in [2.75, 3.05) is 12.0 Å². The molecule has 1 aromatic heterocycles. The summed E-state index contributed by atoms with van der Waals surface area (Å²) in [7, 11) is 1.52. The predicted octanol–water partition coefficient (Wildman–Crippen LogP) is 3.81. The van der Waals surface area contributed by atoms with Crippen molar-refractivity contribution in [3.8, 4) is 17.2 Å². The van der Waals surface area contributed by atoms with Crippen LogP contribution >= 0.6 is 11.6 Å². The van der Waals surface area contributed by atoms with Gasteiger partial charge < -0.3 is 9.15 Å². The lowest BCUT2D eigenvalue weighted by atomic mass is 10.1. The lowest BCUT2D eigenvalue weighted by Crippen LogP contribution is -2.39. The van der Waals surface area contributed by atoms with E-state index in [0.717, 1.165) is 10.5 Å². The summed E-state index contributed by atoms with van der Waals surface area (Å²) in [6, 6.07) is 12.2. The van der Waals surface area contributed by atoms with Gasteiger partial charge in [0.25, 0.3) is 11.8 Å². The van der Waals surface area contributed by atoms with E-state index in [9.17, 15) is 9.59 Å². The Kier molecular flexibility index (Phi) is 4.90. The number of nitrogens with zero attached hydrogens (tertiary/aromatic N) is 5. The maximum Gasteiger partial charge on any atom is 0.263 e. The SMILES string of the molecule is COc1cccc(N2C(=O)[C@@H]3N=NN(Cc4nc(-c5ccc(Cl)cc5)oc4C)[C@H]3C2=O)c1. The number of hydrogen-bond donors (Lipinski definition) is 0. The van der Waals surface area contributed by atoms with Gasteiger partial charge in [-0.3, -0.25) is 14.6 Å². The number of amides is 2. The second-order valence-electron chi connectivity index (χ2n) is 7.43. The summed E-state index contributed by atoms with van der Waals surface area (Å²) in [5, 5.41) is 10.2. The molecule has 0 N–H and O–H groups in total. The van der Waals surface area contributed by atoms with Crippen molar-refractivity contribution in [1.29, 1.82) is 0 Å². The Balaban J connectivity index is 1.39. The third-order valence-electron chi connectivity index (χ3n) is 5.47. The largest absolute Gasteiger partial charge is 0.497 e. The van der Waals surface area contributed by atoms with Crippen LogP contribution in [0.5, 0.6) is 5.75 Å². The average molecular weight is 452 g/mol. The van der Waals surface area contributed by atoms with Crippen molar-refractivity contribution in [1.82, 2.24) is 9.99 Å². The molecule has 5 rings (SSSR count). The van der Waals surface area contributed by atoms with Crippen LogP contribution < -0.4 is 9.64 Å². The molecule has 162 valence electrons. The molecule has 32 heavy (non-hydrogen) atoms. The lowest BCUT2D eigenvalue weighted by molar-refractivity contribution is -0.123. The quantitative estimate of drug-likeness (QED) is 0.547. The molecule has 3 heterocycles. The zero-order valence-electron chi connectivity index (χ0n) is 17.2. The molecule has 2 aromatic carbocycles. The molecule has 10 heteroatoms. The topological polar surface area (TPSA) is 101 Å². The number of aryl methyl sites for hydroxylation is 1. The van der Waals surface area contributed by atoms with Gasteiger partial charge >= 0.3 is 0 Å². The number of oxazole rings is 1. The van der Waals surface area contributed by atoms with E-state index in [2.05, 4.69) is 15.3 Å². The first-order chi connectivity index (χ1) is 15.5. The standard InChI is InChI=1S/C22H18ClN5O4/c1-12-17(24-20(32-12)13-6-8-14(23)9-7-13)11-27-19-18(25-26-27)21(29)28(22(19)30)15-4-3-5-16(10-15)31-2/h3-10,18-19H,11H2,1-2H3/t18-,19-/m1/s1. The minimum atomic E-state index is -0.892. The normalized spacial score (nSPS) is 19.7. The van der Waals surface area contributed by atoms with Gasteiger partial charge in [0.05, 0.1) is 19.3 Å². The van der Waals surface area contributed by atoms with Gasteiger partial charge in [0.15, 0.2) is 12.1 Å². The summed E-state index contributed by atoms with van der Waals surface area (Å²) in [6.07, 6.45) is 0. The van der Waals surface area contributed by atoms with E-state index < -0.39 is 23.9 Å². The zero-order chi connectivity index (χ0) is 22.4. The highest BCUT2D eigenvalue weighted by molar-refractivity contribution is 6.30. The van der Waals surface area contributed by atoms with E-state index in [-0.39, 0.29) is 6.54 Å². The Bertz CT molecular complexity index is 1240. The molecule has 9 nitrogen and oxygen atoms in total. The molecule has 2 aliphatic heterocycles. The van der Waals surface area contributed by atoms with Crippen molar-refractivity contribution in [2.24, 2.45) is 10.3 Å². The number of imide groups is 1. The number of fused-ring (bicyclic) bond motifs is 1. The van der Waals surface area contributed by atoms with Crippen molar-refractivity contribution in [3.05, 3.63) is 65.0 Å². The van der Waals surface area contributed by atoms with Crippen LogP contribution in [0.2, 0.25) is 5.02 Å². The highest BCUT2D eigenvalue weighted by Crippen LogP contribution is 2.34. The second kappa shape index (κ2) is 7.76. The minimum absolute atomic E-state index is 0.179. The van der Waals surface area contributed by atoms with Crippen molar-refractivity contribution in [2.45, 2.75) is 25.6 Å². The molecule has 2 atom stereocenters. The molecule has 2 amide bonds. The van der Waals surface area contributed by atoms with Crippen LogP contribution in [0.1, 0.15) is 11.5 Å². The van der Waals surface area contributed by atoms with Gasteiger partial charge in [0, 0.05) is 16.7 Å². The Morgan fingerprint density at radius 3 is 2.66 bits per heavy atom. The Morgan fingerprint density at radius 1 is 1.12 bits per heavy atom. The van der Waals surface area contributed by atoms with Crippen molar-refractivity contribution >= 4 is 29.1 Å². The zero-order valence-corrected chi connectivity index (χ0v) is 18.0. The summed E-state index contributed by atoms with van der Waals surface area (Å²) in [5.41, 5.74) is 1.82. The average Bonchev–Trinajstić information content (AvgIpc) is 3.44. The first-order valence-electron chi connectivity index (χ1n) is 9.88. The van der Waals surface area contributed by atoms with Crippen LogP contribution in [0.4, 0.5) is 5.69 Å². The van der Waals surface area contributed by atoms with E-state index >= 15 is 0 Å². The van der Waals surface area contributed by atoms with Crippen molar-refractivity contribution < 1.29 is 18.7 Å². The fourth-order valence-corrected chi connectivity index (χ4v) is 3.93. The molecule has 0 unspecified atom stereocenters. The van der Waals surface area contributed by atoms with Crippen LogP contribution in [0.15, 0.2) is 63.3 Å². The van der Waals surface area contributed by atoms with E-state index in [1.54, 1.807) is 43.3 Å². The Labute approximate surface area is 188 Å². The first-order valence-corrected chi connectivity index (χ1v) is 10.3. The third-order valence-corrected chi connectivity index (χ3v) is 5.72. The number of anilines is 1. The fraction of sp³-hybridized carbons (Fsp3) is 0.227. The van der Waals surface area contributed by atoms with Gasteiger partial charge in [0.2, 0.25) is 5.89 Å². The molecular weight excluding hydrogens is 434 g/mol. The van der Waals surface area contributed by atoms with E-state index in [4.69, 9.17) is 20.8 Å². The van der Waals surface area contributed by atoms with Crippen LogP contribution in [0, 0.1) is 6.92 Å². The van der Waals surface area contributed by atoms with Gasteiger partial charge in [-0.1, -0.05) is 22.9 Å². The lowest BCUT2D eigenvalue weighted by Gasteiger charge is -2.20. The van der Waals surface area contributed by atoms with Gasteiger partial charge in [-0.15, -0.1) is 0 Å². The van der Waals surface area contributed by atoms with Crippen LogP contribution in [0.3, 0.4) is 0 Å². The summed E-state index contributed by atoms with van der Waals surface area (Å²) < 4.78 is 11.0. The molecule has 0 bridgehead atoms. The smallest absolute Gasteiger partial charge is 0.263 e. The molecule has 0 saturated carbocycles. The van der Waals surface area contributed by atoms with Gasteiger partial charge in [-0.25, -0.2) is 9.88 Å². The third kappa shape index (κ3) is 3.31. The van der Waals surface area contributed by atoms with Crippen molar-refractivity contribution in [3.63, 3.8) is 0 Å². The highest BCUT2D eigenvalue weighted by atomic mass is 35.5. The van der Waals surface area contributed by atoms with Gasteiger partial charge in [0.1, 0.15) is 17.2 Å². The number of hydrogen-bond acceptors (Lipinski definition) is 8. The highest BCUT2D eigenvalue weighted by Gasteiger charge is 2.55. The fourth-order valence-electron chi connectivity index (χ4n) is 3.80. The van der Waals surface area contributed by atoms with Gasteiger partial charge in [-0.05, 0) is 43.3 Å². The number of benzene rings is 2. The Hall–Kier alpha value is -3.72. The maximum absolute atomic E-state index is 13.2. The van der Waals surface area contributed by atoms with Crippen LogP contribution in [-0.2, 0) is 16.1 Å². The van der Waals surface area contributed by atoms with Crippen LogP contribution in [0.25, 0.3) is 11.5 Å². The molecule has 0 radical (unpaired) electrons. The summed E-state index contributed by atoms with van der Waals surface area (Å²) in [4.78, 5) is 31.8.